The third-order valence-electron chi connectivity index (χ3n) is 17.2. The van der Waals surface area contributed by atoms with Crippen LogP contribution < -0.4 is 25.5 Å². The van der Waals surface area contributed by atoms with Gasteiger partial charge in [0.2, 0.25) is 0 Å². The highest BCUT2D eigenvalue weighted by atomic mass is 32.1. The van der Waals surface area contributed by atoms with Crippen LogP contribution in [0.1, 0.15) is 135 Å². The highest BCUT2D eigenvalue weighted by molar-refractivity contribution is 7.33. The normalized spacial score (nSPS) is 18.0. The highest BCUT2D eigenvalue weighted by Gasteiger charge is 2.49. The summed E-state index contributed by atoms with van der Waals surface area (Å²) in [6.45, 7) is 29.2. The van der Waals surface area contributed by atoms with Crippen molar-refractivity contribution < 1.29 is 0 Å². The maximum Gasteiger partial charge on any atom is 0.264 e. The van der Waals surface area contributed by atoms with E-state index in [1.54, 1.807) is 0 Å². The molecule has 0 amide bonds. The molecule has 2 aliphatic carbocycles. The Balaban J connectivity index is 1.25. The fourth-order valence-electron chi connectivity index (χ4n) is 12.8. The van der Waals surface area contributed by atoms with Crippen LogP contribution in [0.2, 0.25) is 0 Å². The molecule has 12 rings (SSSR count). The molecular formula is C65H67BN2S. The number of hydrogen-bond acceptors (Lipinski definition) is 3. The highest BCUT2D eigenvalue weighted by Crippen LogP contribution is 2.56. The van der Waals surface area contributed by atoms with Crippen LogP contribution in [0.3, 0.4) is 0 Å². The second-order valence-corrected chi connectivity index (χ2v) is 25.8. The summed E-state index contributed by atoms with van der Waals surface area (Å²) in [5, 5.41) is 1.39. The van der Waals surface area contributed by atoms with Crippen LogP contribution in [-0.4, -0.2) is 6.71 Å². The molecule has 0 saturated carbocycles. The molecule has 0 spiro atoms. The Morgan fingerprint density at radius 2 is 0.986 bits per heavy atom. The van der Waals surface area contributed by atoms with Crippen molar-refractivity contribution in [3.05, 3.63) is 173 Å². The number of fused-ring (bicyclic) bond motifs is 8. The number of benzene rings is 7. The lowest BCUT2D eigenvalue weighted by Gasteiger charge is -2.47. The zero-order valence-electron chi connectivity index (χ0n) is 43.0. The van der Waals surface area contributed by atoms with Gasteiger partial charge in [-0.15, -0.1) is 11.3 Å². The molecule has 3 heterocycles. The molecule has 0 fully saturated rings. The van der Waals surface area contributed by atoms with Gasteiger partial charge in [-0.1, -0.05) is 173 Å². The fraction of sp³-hybridized carbons (Fsp3) is 0.323. The topological polar surface area (TPSA) is 6.48 Å². The minimum atomic E-state index is 0.0227. The number of aryl methyl sites for hydroxylation is 1. The largest absolute Gasteiger partial charge is 0.310 e. The first kappa shape index (κ1) is 44.4. The molecule has 8 aromatic rings. The molecule has 69 heavy (non-hydrogen) atoms. The van der Waals surface area contributed by atoms with Gasteiger partial charge in [0.1, 0.15) is 0 Å². The van der Waals surface area contributed by atoms with Crippen LogP contribution in [-0.2, 0) is 27.1 Å². The summed E-state index contributed by atoms with van der Waals surface area (Å²) in [7, 11) is 0. The van der Waals surface area contributed by atoms with Gasteiger partial charge in [-0.05, 0) is 158 Å². The van der Waals surface area contributed by atoms with Crippen LogP contribution in [0.5, 0.6) is 0 Å². The van der Waals surface area contributed by atoms with Crippen LogP contribution >= 0.6 is 11.3 Å². The van der Waals surface area contributed by atoms with Crippen LogP contribution in [0.25, 0.3) is 32.3 Å². The molecule has 0 N–H and O–H groups in total. The Morgan fingerprint density at radius 1 is 0.493 bits per heavy atom. The standard InChI is InChI=1S/C65H67BN2S/c1-40-34-54-57-55(35-40)68(58-45(41-20-15-13-16-21-41)24-19-25-46(58)42-22-17-14-18-23-42)53-38-50-49(63(7,8)31-32-64(50,9)10)37-52(53)66(57)60-59(67(54)44-28-26-43(27-29-44)61(2,3)4)47-36-48-51(39-56(47)69-60)65(11,12)33-30-62(48,5)6/h13-29,34-39H,30-33H2,1-12H3. The van der Waals surface area contributed by atoms with Crippen molar-refractivity contribution in [2.24, 2.45) is 0 Å². The zero-order valence-corrected chi connectivity index (χ0v) is 43.8. The average Bonchev–Trinajstić information content (AvgIpc) is 3.69. The Hall–Kier alpha value is -5.84. The van der Waals surface area contributed by atoms with E-state index < -0.39 is 0 Å². The second kappa shape index (κ2) is 15.1. The molecule has 0 atom stereocenters. The number of rotatable bonds is 4. The van der Waals surface area contributed by atoms with Gasteiger partial charge in [0.25, 0.3) is 6.71 Å². The average molecular weight is 919 g/mol. The van der Waals surface area contributed by atoms with E-state index in [0.717, 1.165) is 6.42 Å². The van der Waals surface area contributed by atoms with Crippen molar-refractivity contribution in [1.29, 1.82) is 0 Å². The van der Waals surface area contributed by atoms with Crippen molar-refractivity contribution in [2.75, 3.05) is 9.80 Å². The van der Waals surface area contributed by atoms with E-state index in [0.29, 0.717) is 0 Å². The Morgan fingerprint density at radius 3 is 1.52 bits per heavy atom. The molecule has 346 valence electrons. The quantitative estimate of drug-likeness (QED) is 0.162. The summed E-state index contributed by atoms with van der Waals surface area (Å²) >= 11 is 2.06. The van der Waals surface area contributed by atoms with E-state index in [-0.39, 0.29) is 33.8 Å². The number of thiophene rings is 1. The Bertz CT molecular complexity index is 3320. The molecule has 7 aromatic carbocycles. The SMILES string of the molecule is Cc1cc2c3c(c1)N(c1ccc(C(C)(C)C)cc1)c1c(sc4cc5c(cc14)C(C)(C)CCC5(C)C)B3c1cc3c(cc1N2c1c(-c2ccccc2)cccc1-c1ccccc1)C(C)(C)CCC3(C)C. The summed E-state index contributed by atoms with van der Waals surface area (Å²) in [6, 6.07) is 54.4. The van der Waals surface area contributed by atoms with E-state index in [1.807, 2.05) is 0 Å². The molecule has 2 nitrogen and oxygen atoms in total. The molecule has 2 aliphatic heterocycles. The van der Waals surface area contributed by atoms with Crippen LogP contribution in [0.4, 0.5) is 34.1 Å². The number of nitrogens with zero attached hydrogens (tertiary/aromatic N) is 2. The maximum atomic E-state index is 2.73. The fourth-order valence-corrected chi connectivity index (χ4v) is 14.2. The van der Waals surface area contributed by atoms with Crippen molar-refractivity contribution in [1.82, 2.24) is 0 Å². The molecule has 0 saturated heterocycles. The van der Waals surface area contributed by atoms with Crippen LogP contribution in [0, 0.1) is 6.92 Å². The lowest BCUT2D eigenvalue weighted by molar-refractivity contribution is 0.332. The smallest absolute Gasteiger partial charge is 0.264 e. The van der Waals surface area contributed by atoms with Crippen molar-refractivity contribution in [3.8, 4) is 22.3 Å². The number of anilines is 6. The third kappa shape index (κ3) is 6.78. The first-order valence-electron chi connectivity index (χ1n) is 25.6. The second-order valence-electron chi connectivity index (χ2n) is 24.8. The Kier molecular flexibility index (Phi) is 9.70. The van der Waals surface area contributed by atoms with Gasteiger partial charge in [0, 0.05) is 48.7 Å². The van der Waals surface area contributed by atoms with Crippen molar-refractivity contribution in [2.45, 2.75) is 136 Å². The predicted octanol–water partition coefficient (Wildman–Crippen LogP) is 16.6. The lowest BCUT2D eigenvalue weighted by Crippen LogP contribution is -2.61. The van der Waals surface area contributed by atoms with Crippen molar-refractivity contribution >= 4 is 78.0 Å². The van der Waals surface area contributed by atoms with E-state index in [9.17, 15) is 0 Å². The summed E-state index contributed by atoms with van der Waals surface area (Å²) in [6.07, 6.45) is 4.71. The van der Waals surface area contributed by atoms with Gasteiger partial charge in [0.15, 0.2) is 0 Å². The number of para-hydroxylation sites is 1. The predicted molar refractivity (Wildman–Crippen MR) is 301 cm³/mol. The van der Waals surface area contributed by atoms with Gasteiger partial charge in [-0.3, -0.25) is 0 Å². The molecule has 0 unspecified atom stereocenters. The minimum Gasteiger partial charge on any atom is -0.310 e. The van der Waals surface area contributed by atoms with E-state index >= 15 is 0 Å². The molecular weight excluding hydrogens is 852 g/mol. The maximum absolute atomic E-state index is 2.73. The van der Waals surface area contributed by atoms with E-state index in [1.165, 1.54) is 135 Å². The summed E-state index contributed by atoms with van der Waals surface area (Å²) < 4.78 is 2.85. The molecule has 0 radical (unpaired) electrons. The summed E-state index contributed by atoms with van der Waals surface area (Å²) in [5.74, 6) is 0. The summed E-state index contributed by atoms with van der Waals surface area (Å²) in [5.41, 5.74) is 24.3. The first-order chi connectivity index (χ1) is 32.7. The zero-order chi connectivity index (χ0) is 48.2. The lowest BCUT2D eigenvalue weighted by atomic mass is 9.35. The number of hydrogen-bond donors (Lipinski definition) is 0. The molecule has 1 aromatic heterocycles. The monoisotopic (exact) mass is 919 g/mol. The Labute approximate surface area is 416 Å². The first-order valence-corrected chi connectivity index (χ1v) is 26.4. The van der Waals surface area contributed by atoms with Gasteiger partial charge in [0.05, 0.1) is 11.4 Å². The van der Waals surface area contributed by atoms with Crippen molar-refractivity contribution in [3.63, 3.8) is 0 Å². The van der Waals surface area contributed by atoms with Gasteiger partial charge >= 0.3 is 0 Å². The molecule has 4 heteroatoms. The third-order valence-corrected chi connectivity index (χ3v) is 18.4. The van der Waals surface area contributed by atoms with E-state index in [2.05, 4.69) is 244 Å². The van der Waals surface area contributed by atoms with Gasteiger partial charge in [-0.25, -0.2) is 0 Å². The van der Waals surface area contributed by atoms with Gasteiger partial charge in [-0.2, -0.15) is 0 Å². The van der Waals surface area contributed by atoms with Gasteiger partial charge < -0.3 is 9.80 Å². The molecule has 0 bridgehead atoms. The molecule has 4 aliphatic rings. The van der Waals surface area contributed by atoms with E-state index in [4.69, 9.17) is 0 Å². The minimum absolute atomic E-state index is 0.0227. The van der Waals surface area contributed by atoms with Crippen LogP contribution in [0.15, 0.2) is 140 Å². The summed E-state index contributed by atoms with van der Waals surface area (Å²) in [4.78, 5) is 5.41.